The van der Waals surface area contributed by atoms with Crippen molar-refractivity contribution in [3.63, 3.8) is 0 Å². The Bertz CT molecular complexity index is 1210. The van der Waals surface area contributed by atoms with Crippen LogP contribution in [0.25, 0.3) is 11.3 Å². The van der Waals surface area contributed by atoms with Gasteiger partial charge in [-0.05, 0) is 55.6 Å². The van der Waals surface area contributed by atoms with E-state index in [0.717, 1.165) is 17.5 Å². The average Bonchev–Trinajstić information content (AvgIpc) is 3.46. The third-order valence-corrected chi connectivity index (χ3v) is 6.29. The van der Waals surface area contributed by atoms with Crippen LogP contribution in [0.15, 0.2) is 48.8 Å². The van der Waals surface area contributed by atoms with Gasteiger partial charge in [0, 0.05) is 45.0 Å². The molecule has 36 heavy (non-hydrogen) atoms. The molecule has 4 rings (SSSR count). The molecule has 1 aliphatic rings. The molecule has 1 aromatic carbocycles. The number of benzene rings is 1. The molecule has 0 bridgehead atoms. The van der Waals surface area contributed by atoms with E-state index < -0.39 is 0 Å². The van der Waals surface area contributed by atoms with Gasteiger partial charge in [0.2, 0.25) is 5.91 Å². The van der Waals surface area contributed by atoms with Crippen LogP contribution in [0.1, 0.15) is 28.8 Å². The fourth-order valence-electron chi connectivity index (χ4n) is 4.32. The quantitative estimate of drug-likeness (QED) is 0.377. The Morgan fingerprint density at radius 2 is 2.14 bits per heavy atom. The van der Waals surface area contributed by atoms with E-state index in [1.54, 1.807) is 29.1 Å². The Morgan fingerprint density at radius 3 is 2.89 bits per heavy atom. The topological polar surface area (TPSA) is 118 Å². The van der Waals surface area contributed by atoms with Crippen LogP contribution in [0.5, 0.6) is 0 Å². The minimum absolute atomic E-state index is 0.0576. The molecule has 0 aliphatic carbocycles. The first-order chi connectivity index (χ1) is 17.4. The number of carbonyl (C=O) groups excluding carboxylic acids is 2. The van der Waals surface area contributed by atoms with Crippen molar-refractivity contribution in [1.82, 2.24) is 25.0 Å². The molecule has 4 N–H and O–H groups in total. The van der Waals surface area contributed by atoms with Gasteiger partial charge in [-0.3, -0.25) is 14.3 Å². The van der Waals surface area contributed by atoms with Crippen LogP contribution in [0.3, 0.4) is 0 Å². The summed E-state index contributed by atoms with van der Waals surface area (Å²) in [5.41, 5.74) is 8.28. The molecule has 1 atom stereocenters. The molecule has 0 radical (unpaired) electrons. The van der Waals surface area contributed by atoms with Crippen LogP contribution >= 0.6 is 0 Å². The van der Waals surface area contributed by atoms with Crippen molar-refractivity contribution in [3.05, 3.63) is 65.7 Å². The van der Waals surface area contributed by atoms with Gasteiger partial charge in [-0.25, -0.2) is 9.37 Å². The van der Waals surface area contributed by atoms with Gasteiger partial charge in [-0.15, -0.1) is 0 Å². The van der Waals surface area contributed by atoms with E-state index in [1.807, 2.05) is 24.2 Å². The van der Waals surface area contributed by atoms with E-state index >= 15 is 0 Å². The second kappa shape index (κ2) is 11.8. The third-order valence-electron chi connectivity index (χ3n) is 6.29. The zero-order chi connectivity index (χ0) is 25.5. The van der Waals surface area contributed by atoms with E-state index in [0.29, 0.717) is 56.1 Å². The van der Waals surface area contributed by atoms with E-state index in [2.05, 4.69) is 20.7 Å². The van der Waals surface area contributed by atoms with Crippen molar-refractivity contribution in [1.29, 1.82) is 0 Å². The molecule has 1 unspecified atom stereocenters. The lowest BCUT2D eigenvalue weighted by molar-refractivity contribution is -0.130. The largest absolute Gasteiger partial charge is 0.369 e. The number of carbonyl (C=O) groups is 2. The SMILES string of the molecule is Cn1cc(-c2ccc(C(=O)NCC3CCN(CCCN)C3=O)c(NCCc3cccc(F)c3)n2)cn1. The Balaban J connectivity index is 1.45. The maximum atomic E-state index is 13.5. The summed E-state index contributed by atoms with van der Waals surface area (Å²) in [4.78, 5) is 32.2. The normalized spacial score (nSPS) is 15.4. The number of halogens is 1. The fraction of sp³-hybridized carbons (Fsp3) is 0.385. The van der Waals surface area contributed by atoms with Crippen molar-refractivity contribution in [2.24, 2.45) is 18.7 Å². The zero-order valence-electron chi connectivity index (χ0n) is 20.4. The standard InChI is InChI=1S/C26H32FN7O2/c1-33-17-20(16-31-33)23-7-6-22(24(32-23)29-11-8-18-4-2-5-21(27)14-18)25(35)30-15-19-9-13-34(26(19)36)12-3-10-28/h2,4-7,14,16-17,19H,3,8-13,15,28H2,1H3,(H,29,32)(H,30,35). The first kappa shape index (κ1) is 25.3. The summed E-state index contributed by atoms with van der Waals surface area (Å²) in [6, 6.07) is 9.92. The highest BCUT2D eigenvalue weighted by Crippen LogP contribution is 2.23. The number of hydrogen-bond donors (Lipinski definition) is 3. The van der Waals surface area contributed by atoms with Crippen molar-refractivity contribution < 1.29 is 14.0 Å². The van der Waals surface area contributed by atoms with E-state index in [4.69, 9.17) is 5.73 Å². The summed E-state index contributed by atoms with van der Waals surface area (Å²) < 4.78 is 15.2. The average molecular weight is 494 g/mol. The molecule has 0 saturated carbocycles. The van der Waals surface area contributed by atoms with Gasteiger partial charge in [0.15, 0.2) is 0 Å². The summed E-state index contributed by atoms with van der Waals surface area (Å²) in [5, 5.41) is 10.3. The predicted molar refractivity (Wildman–Crippen MR) is 136 cm³/mol. The van der Waals surface area contributed by atoms with Crippen LogP contribution in [0.4, 0.5) is 10.2 Å². The Kier molecular flexibility index (Phi) is 8.27. The molecule has 9 nitrogen and oxygen atoms in total. The molecule has 3 aromatic rings. The van der Waals surface area contributed by atoms with Gasteiger partial charge < -0.3 is 21.3 Å². The maximum absolute atomic E-state index is 13.5. The highest BCUT2D eigenvalue weighted by atomic mass is 19.1. The predicted octanol–water partition coefficient (Wildman–Crippen LogP) is 2.20. The molecule has 3 heterocycles. The fourth-order valence-corrected chi connectivity index (χ4v) is 4.32. The summed E-state index contributed by atoms with van der Waals surface area (Å²) in [5.74, 6) is -0.345. The maximum Gasteiger partial charge on any atom is 0.255 e. The molecular weight excluding hydrogens is 461 g/mol. The van der Waals surface area contributed by atoms with E-state index in [-0.39, 0.29) is 30.1 Å². The van der Waals surface area contributed by atoms with Crippen LogP contribution in [0.2, 0.25) is 0 Å². The number of amides is 2. The van der Waals surface area contributed by atoms with Gasteiger partial charge >= 0.3 is 0 Å². The first-order valence-electron chi connectivity index (χ1n) is 12.2. The van der Waals surface area contributed by atoms with Gasteiger partial charge in [0.05, 0.1) is 23.4 Å². The number of likely N-dealkylation sites (tertiary alicyclic amines) is 1. The second-order valence-corrected chi connectivity index (χ2v) is 8.97. The summed E-state index contributed by atoms with van der Waals surface area (Å²) in [6.07, 6.45) is 5.60. The van der Waals surface area contributed by atoms with Crippen LogP contribution in [-0.2, 0) is 18.3 Å². The number of aryl methyl sites for hydroxylation is 1. The number of pyridine rings is 1. The molecule has 2 aromatic heterocycles. The van der Waals surface area contributed by atoms with E-state index in [1.165, 1.54) is 12.1 Å². The van der Waals surface area contributed by atoms with Crippen LogP contribution in [-0.4, -0.2) is 64.2 Å². The Hall–Kier alpha value is -3.79. The Morgan fingerprint density at radius 1 is 1.28 bits per heavy atom. The van der Waals surface area contributed by atoms with Crippen LogP contribution in [0, 0.1) is 11.7 Å². The lowest BCUT2D eigenvalue weighted by Gasteiger charge is -2.17. The highest BCUT2D eigenvalue weighted by molar-refractivity contribution is 5.99. The minimum atomic E-state index is -0.304. The van der Waals surface area contributed by atoms with Crippen molar-refractivity contribution in [2.45, 2.75) is 19.3 Å². The first-order valence-corrected chi connectivity index (χ1v) is 12.2. The number of nitrogens with two attached hydrogens (primary N) is 1. The number of anilines is 1. The summed E-state index contributed by atoms with van der Waals surface area (Å²) in [6.45, 7) is 2.61. The second-order valence-electron chi connectivity index (χ2n) is 8.97. The number of hydrogen-bond acceptors (Lipinski definition) is 6. The van der Waals surface area contributed by atoms with Crippen LogP contribution < -0.4 is 16.4 Å². The summed E-state index contributed by atoms with van der Waals surface area (Å²) >= 11 is 0. The van der Waals surface area contributed by atoms with Gasteiger partial charge in [0.25, 0.3) is 5.91 Å². The number of aromatic nitrogens is 3. The molecule has 1 aliphatic heterocycles. The van der Waals surface area contributed by atoms with Gasteiger partial charge in [0.1, 0.15) is 11.6 Å². The molecule has 2 amide bonds. The van der Waals surface area contributed by atoms with Crippen molar-refractivity contribution in [3.8, 4) is 11.3 Å². The third kappa shape index (κ3) is 6.25. The molecule has 1 saturated heterocycles. The Labute approximate surface area is 209 Å². The van der Waals surface area contributed by atoms with Gasteiger partial charge in [-0.1, -0.05) is 12.1 Å². The van der Waals surface area contributed by atoms with Crippen molar-refractivity contribution in [2.75, 3.05) is 38.0 Å². The molecule has 10 heteroatoms. The number of nitrogens with one attached hydrogen (secondary N) is 2. The number of rotatable bonds is 11. The smallest absolute Gasteiger partial charge is 0.255 e. The molecule has 190 valence electrons. The van der Waals surface area contributed by atoms with E-state index in [9.17, 15) is 14.0 Å². The molecular formula is C26H32FN7O2. The minimum Gasteiger partial charge on any atom is -0.369 e. The van der Waals surface area contributed by atoms with Gasteiger partial charge in [-0.2, -0.15) is 5.10 Å². The molecule has 0 spiro atoms. The molecule has 1 fully saturated rings. The monoisotopic (exact) mass is 493 g/mol. The van der Waals surface area contributed by atoms with Crippen molar-refractivity contribution >= 4 is 17.6 Å². The zero-order valence-corrected chi connectivity index (χ0v) is 20.4. The lowest BCUT2D eigenvalue weighted by atomic mass is 10.1. The summed E-state index contributed by atoms with van der Waals surface area (Å²) in [7, 11) is 1.82. The highest BCUT2D eigenvalue weighted by Gasteiger charge is 2.31. The number of nitrogens with zero attached hydrogens (tertiary/aromatic N) is 4. The lowest BCUT2D eigenvalue weighted by Crippen LogP contribution is -2.35.